The van der Waals surface area contributed by atoms with Crippen molar-refractivity contribution in [1.29, 1.82) is 0 Å². The van der Waals surface area contributed by atoms with Gasteiger partial charge in [0.25, 0.3) is 5.91 Å². The molecule has 1 saturated heterocycles. The van der Waals surface area contributed by atoms with Gasteiger partial charge in [0.05, 0.1) is 6.26 Å². The van der Waals surface area contributed by atoms with Crippen molar-refractivity contribution in [2.24, 2.45) is 4.99 Å². The highest BCUT2D eigenvalue weighted by Gasteiger charge is 2.53. The van der Waals surface area contributed by atoms with E-state index in [1.54, 1.807) is 12.1 Å². The van der Waals surface area contributed by atoms with Crippen LogP contribution in [0.15, 0.2) is 33.5 Å². The van der Waals surface area contributed by atoms with Gasteiger partial charge in [-0.25, -0.2) is 4.99 Å². The monoisotopic (exact) mass is 538 g/mol. The van der Waals surface area contributed by atoms with Gasteiger partial charge in [0.1, 0.15) is 24.2 Å². The van der Waals surface area contributed by atoms with Crippen LogP contribution in [0.3, 0.4) is 0 Å². The van der Waals surface area contributed by atoms with E-state index in [1.165, 1.54) is 31.2 Å². The maximum Gasteiger partial charge on any atom is 0.303 e. The zero-order valence-electron chi connectivity index (χ0n) is 20.7. The van der Waals surface area contributed by atoms with Crippen LogP contribution in [0.4, 0.5) is 0 Å². The Hall–Kier alpha value is -3.65. The molecule has 0 bridgehead atoms. The first-order chi connectivity index (χ1) is 17.5. The van der Waals surface area contributed by atoms with Crippen LogP contribution in [0.25, 0.3) is 6.08 Å². The molecular formula is C23H26N2O11S. The number of hydrogen-bond acceptors (Lipinski definition) is 13. The fourth-order valence-electron chi connectivity index (χ4n) is 3.58. The topological polar surface area (TPSA) is 160 Å². The lowest BCUT2D eigenvalue weighted by Gasteiger charge is -2.44. The van der Waals surface area contributed by atoms with Crippen molar-refractivity contribution in [3.8, 4) is 0 Å². The Labute approximate surface area is 216 Å². The zero-order chi connectivity index (χ0) is 27.3. The summed E-state index contributed by atoms with van der Waals surface area (Å²) in [5.74, 6) is -2.84. The van der Waals surface area contributed by atoms with Crippen molar-refractivity contribution >= 4 is 52.8 Å². The third-order valence-electron chi connectivity index (χ3n) is 5.02. The fraction of sp³-hybridized carbons (Fsp3) is 0.478. The Morgan fingerprint density at radius 1 is 1.00 bits per heavy atom. The number of aliphatic imine (C=N–C) groups is 1. The highest BCUT2D eigenvalue weighted by molar-refractivity contribution is 8.14. The number of hydrogen-bond donors (Lipinski definition) is 0. The van der Waals surface area contributed by atoms with E-state index < -0.39 is 59.6 Å². The zero-order valence-corrected chi connectivity index (χ0v) is 21.5. The van der Waals surface area contributed by atoms with Crippen molar-refractivity contribution in [2.75, 3.05) is 13.7 Å². The Bertz CT molecular complexity index is 1110. The van der Waals surface area contributed by atoms with Crippen LogP contribution in [0.2, 0.25) is 0 Å². The third kappa shape index (κ3) is 7.20. The number of likely N-dealkylation sites (N-methyl/N-ethyl adjacent to an activating group) is 1. The molecule has 0 radical (unpaired) electrons. The number of amidine groups is 1. The number of esters is 4. The van der Waals surface area contributed by atoms with Crippen LogP contribution in [0, 0.1) is 0 Å². The SMILES string of the molecule is CC(=O)OC[C@H]1O[C@@H](SC2=N/C(=C/c3ccco3)C(=O)N2C)[C@H](OC(C)=O)[C@@H](OC(C)=O)[C@@H]1OC(C)=O. The van der Waals surface area contributed by atoms with Crippen LogP contribution in [-0.4, -0.2) is 83.4 Å². The van der Waals surface area contributed by atoms with Crippen LogP contribution in [0.1, 0.15) is 33.5 Å². The first-order valence-corrected chi connectivity index (χ1v) is 11.9. The van der Waals surface area contributed by atoms with Crippen molar-refractivity contribution in [3.05, 3.63) is 29.9 Å². The molecule has 0 aliphatic carbocycles. The van der Waals surface area contributed by atoms with Gasteiger partial charge in [0.2, 0.25) is 0 Å². The molecule has 1 fully saturated rings. The van der Waals surface area contributed by atoms with E-state index in [4.69, 9.17) is 28.1 Å². The van der Waals surface area contributed by atoms with Gasteiger partial charge in [0, 0.05) is 40.8 Å². The third-order valence-corrected chi connectivity index (χ3v) is 6.21. The number of rotatable bonds is 7. The van der Waals surface area contributed by atoms with Crippen LogP contribution >= 0.6 is 11.8 Å². The molecule has 0 unspecified atom stereocenters. The minimum absolute atomic E-state index is 0.0885. The number of carbonyl (C=O) groups excluding carboxylic acids is 5. The average molecular weight is 539 g/mol. The van der Waals surface area contributed by atoms with E-state index in [-0.39, 0.29) is 17.5 Å². The molecule has 13 nitrogen and oxygen atoms in total. The summed E-state index contributed by atoms with van der Waals surface area (Å²) in [7, 11) is 1.49. The normalized spacial score (nSPS) is 26.5. The number of furan rings is 1. The summed E-state index contributed by atoms with van der Waals surface area (Å²) in [6, 6.07) is 3.31. The second-order valence-corrected chi connectivity index (χ2v) is 9.05. The standard InChI is InChI=1S/C23H26N2O11S/c1-11(26)32-10-17-18(33-12(2)27)19(34-13(3)28)20(35-14(4)29)22(36-17)37-23-24-16(21(30)25(23)5)9-15-7-6-8-31-15/h6-9,17-20,22H,10H2,1-5H3/b16-9+/t17-,18-,19+,20-,22+/m1/s1. The molecule has 0 aromatic carbocycles. The maximum atomic E-state index is 12.7. The molecule has 1 aromatic heterocycles. The molecule has 3 rings (SSSR count). The number of carbonyl (C=O) groups is 5. The highest BCUT2D eigenvalue weighted by Crippen LogP contribution is 2.37. The van der Waals surface area contributed by atoms with E-state index in [0.29, 0.717) is 5.76 Å². The smallest absolute Gasteiger partial charge is 0.303 e. The Balaban J connectivity index is 1.98. The number of nitrogens with zero attached hydrogens (tertiary/aromatic N) is 2. The van der Waals surface area contributed by atoms with E-state index in [0.717, 1.165) is 32.5 Å². The lowest BCUT2D eigenvalue weighted by molar-refractivity contribution is -0.237. The van der Waals surface area contributed by atoms with Crippen molar-refractivity contribution < 1.29 is 52.1 Å². The minimum Gasteiger partial charge on any atom is -0.465 e. The van der Waals surface area contributed by atoms with Gasteiger partial charge in [0.15, 0.2) is 28.9 Å². The molecular weight excluding hydrogens is 512 g/mol. The molecule has 1 aromatic rings. The summed E-state index contributed by atoms with van der Waals surface area (Å²) < 4.78 is 32.6. The molecule has 0 N–H and O–H groups in total. The molecule has 0 spiro atoms. The lowest BCUT2D eigenvalue weighted by Crippen LogP contribution is -2.61. The summed E-state index contributed by atoms with van der Waals surface area (Å²) in [5, 5.41) is 0.184. The summed E-state index contributed by atoms with van der Waals surface area (Å²) in [6.07, 6.45) is -2.08. The van der Waals surface area contributed by atoms with Crippen molar-refractivity contribution in [2.45, 2.75) is 57.5 Å². The van der Waals surface area contributed by atoms with Crippen LogP contribution < -0.4 is 0 Å². The van der Waals surface area contributed by atoms with Gasteiger partial charge >= 0.3 is 23.9 Å². The predicted octanol–water partition coefficient (Wildman–Crippen LogP) is 1.26. The largest absolute Gasteiger partial charge is 0.465 e. The van der Waals surface area contributed by atoms with E-state index in [2.05, 4.69) is 4.99 Å². The molecule has 200 valence electrons. The molecule has 1 amide bonds. The molecule has 14 heteroatoms. The predicted molar refractivity (Wildman–Crippen MR) is 126 cm³/mol. The Morgan fingerprint density at radius 2 is 1.62 bits per heavy atom. The summed E-state index contributed by atoms with van der Waals surface area (Å²) >= 11 is 0.908. The molecule has 0 saturated carbocycles. The van der Waals surface area contributed by atoms with Gasteiger partial charge < -0.3 is 28.1 Å². The van der Waals surface area contributed by atoms with Gasteiger partial charge in [-0.2, -0.15) is 0 Å². The van der Waals surface area contributed by atoms with Crippen molar-refractivity contribution in [3.63, 3.8) is 0 Å². The number of ether oxygens (including phenoxy) is 5. The minimum atomic E-state index is -1.32. The number of thioether (sulfide) groups is 1. The average Bonchev–Trinajstić information content (AvgIpc) is 3.40. The molecule has 2 aliphatic heterocycles. The van der Waals surface area contributed by atoms with Crippen LogP contribution in [-0.2, 0) is 47.7 Å². The first-order valence-electron chi connectivity index (χ1n) is 11.0. The quantitative estimate of drug-likeness (QED) is 0.278. The van der Waals surface area contributed by atoms with Crippen LogP contribution in [0.5, 0.6) is 0 Å². The van der Waals surface area contributed by atoms with Crippen molar-refractivity contribution in [1.82, 2.24) is 4.90 Å². The highest BCUT2D eigenvalue weighted by atomic mass is 32.2. The van der Waals surface area contributed by atoms with E-state index >= 15 is 0 Å². The summed E-state index contributed by atoms with van der Waals surface area (Å²) in [4.78, 5) is 65.6. The fourth-order valence-corrected chi connectivity index (χ4v) is 4.72. The molecule has 3 heterocycles. The summed E-state index contributed by atoms with van der Waals surface area (Å²) in [6.45, 7) is 4.23. The Kier molecular flexibility index (Phi) is 9.10. The lowest BCUT2D eigenvalue weighted by atomic mass is 9.99. The van der Waals surface area contributed by atoms with E-state index in [9.17, 15) is 24.0 Å². The molecule has 37 heavy (non-hydrogen) atoms. The molecule has 2 aliphatic rings. The van der Waals surface area contributed by atoms with Gasteiger partial charge in [-0.05, 0) is 12.1 Å². The first kappa shape index (κ1) is 27.9. The van der Waals surface area contributed by atoms with E-state index in [1.807, 2.05) is 0 Å². The van der Waals surface area contributed by atoms with Gasteiger partial charge in [-0.15, -0.1) is 0 Å². The number of amides is 1. The molecule has 5 atom stereocenters. The van der Waals surface area contributed by atoms with Gasteiger partial charge in [-0.3, -0.25) is 28.9 Å². The Morgan fingerprint density at radius 3 is 2.19 bits per heavy atom. The summed E-state index contributed by atoms with van der Waals surface area (Å²) in [5.41, 5.74) is -1.02. The second kappa shape index (κ2) is 12.1. The second-order valence-electron chi connectivity index (χ2n) is 7.99. The maximum absolute atomic E-state index is 12.7. The van der Waals surface area contributed by atoms with Gasteiger partial charge in [-0.1, -0.05) is 11.8 Å².